The highest BCUT2D eigenvalue weighted by molar-refractivity contribution is 6.51. The summed E-state index contributed by atoms with van der Waals surface area (Å²) in [5, 5.41) is 11.8. The Morgan fingerprint density at radius 2 is 1.50 bits per heavy atom. The fourth-order valence-corrected chi connectivity index (χ4v) is 3.71. The summed E-state index contributed by atoms with van der Waals surface area (Å²) in [6.07, 6.45) is 0. The van der Waals surface area contributed by atoms with Crippen LogP contribution in [0, 0.1) is 5.82 Å². The first-order valence-corrected chi connectivity index (χ1v) is 9.70. The average Bonchev–Trinajstić information content (AvgIpc) is 3.00. The summed E-state index contributed by atoms with van der Waals surface area (Å²) in [5.74, 6) is -2.59. The molecule has 1 amide bonds. The number of benzene rings is 3. The van der Waals surface area contributed by atoms with Gasteiger partial charge in [-0.1, -0.05) is 35.3 Å². The van der Waals surface area contributed by atoms with E-state index in [1.165, 1.54) is 35.2 Å². The maximum atomic E-state index is 14.0. The number of rotatable bonds is 3. The van der Waals surface area contributed by atoms with Crippen LogP contribution in [0.25, 0.3) is 5.76 Å². The number of halogens is 3. The van der Waals surface area contributed by atoms with Gasteiger partial charge in [0, 0.05) is 21.3 Å². The number of carbonyl (C=O) groups is 2. The second-order valence-electron chi connectivity index (χ2n) is 6.71. The minimum atomic E-state index is -1.02. The lowest BCUT2D eigenvalue weighted by Gasteiger charge is -2.25. The zero-order valence-electron chi connectivity index (χ0n) is 15.4. The van der Waals surface area contributed by atoms with Crippen molar-refractivity contribution < 1.29 is 19.1 Å². The van der Waals surface area contributed by atoms with Gasteiger partial charge in [-0.05, 0) is 66.2 Å². The lowest BCUT2D eigenvalue weighted by molar-refractivity contribution is -0.132. The Morgan fingerprint density at radius 1 is 0.900 bits per heavy atom. The van der Waals surface area contributed by atoms with Crippen molar-refractivity contribution in [3.05, 3.63) is 105 Å². The van der Waals surface area contributed by atoms with Gasteiger partial charge in [-0.15, -0.1) is 0 Å². The number of anilines is 1. The Morgan fingerprint density at radius 3 is 2.10 bits per heavy atom. The highest BCUT2D eigenvalue weighted by atomic mass is 35.5. The molecule has 150 valence electrons. The highest BCUT2D eigenvalue weighted by Gasteiger charge is 2.47. The Balaban J connectivity index is 1.95. The van der Waals surface area contributed by atoms with Crippen LogP contribution in [0.2, 0.25) is 10.0 Å². The summed E-state index contributed by atoms with van der Waals surface area (Å²) < 4.78 is 14.0. The largest absolute Gasteiger partial charge is 0.507 e. The number of hydrogen-bond acceptors (Lipinski definition) is 3. The number of carbonyl (C=O) groups excluding carboxylic acids is 2. The fraction of sp³-hybridized carbons (Fsp3) is 0.0435. The zero-order valence-corrected chi connectivity index (χ0v) is 16.9. The average molecular weight is 442 g/mol. The molecule has 4 nitrogen and oxygen atoms in total. The Labute approximate surface area is 181 Å². The Hall–Kier alpha value is -3.15. The van der Waals surface area contributed by atoms with Gasteiger partial charge in [0.1, 0.15) is 11.6 Å². The summed E-state index contributed by atoms with van der Waals surface area (Å²) >= 11 is 11.9. The van der Waals surface area contributed by atoms with Gasteiger partial charge in [0.05, 0.1) is 11.6 Å². The van der Waals surface area contributed by atoms with Crippen LogP contribution in [-0.2, 0) is 9.59 Å². The predicted octanol–water partition coefficient (Wildman–Crippen LogP) is 5.76. The molecule has 0 spiro atoms. The maximum Gasteiger partial charge on any atom is 0.300 e. The number of aliphatic hydroxyl groups excluding tert-OH is 1. The molecule has 1 heterocycles. The number of Topliss-reactive ketones (excluding diaryl/α,β-unsaturated/α-hetero) is 1. The SMILES string of the molecule is O=C1C(=O)N(c2ccc(Cl)cc2)C(c2cccc(F)c2)/C1=C(\O)c1ccc(Cl)cc1. The minimum Gasteiger partial charge on any atom is -0.507 e. The topological polar surface area (TPSA) is 57.6 Å². The van der Waals surface area contributed by atoms with Crippen LogP contribution >= 0.6 is 23.2 Å². The number of ketones is 1. The monoisotopic (exact) mass is 441 g/mol. The number of aliphatic hydroxyl groups is 1. The van der Waals surface area contributed by atoms with E-state index in [1.807, 2.05) is 0 Å². The van der Waals surface area contributed by atoms with Gasteiger partial charge >= 0.3 is 0 Å². The summed E-state index contributed by atoms with van der Waals surface area (Å²) in [7, 11) is 0. The van der Waals surface area contributed by atoms with Gasteiger partial charge in [-0.25, -0.2) is 4.39 Å². The van der Waals surface area contributed by atoms with Crippen LogP contribution in [0.5, 0.6) is 0 Å². The summed E-state index contributed by atoms with van der Waals surface area (Å²) in [6.45, 7) is 0. The van der Waals surface area contributed by atoms with Crippen molar-refractivity contribution in [2.75, 3.05) is 4.90 Å². The van der Waals surface area contributed by atoms with E-state index >= 15 is 0 Å². The molecule has 1 saturated heterocycles. The quantitative estimate of drug-likeness (QED) is 0.319. The van der Waals surface area contributed by atoms with E-state index in [4.69, 9.17) is 23.2 Å². The lowest BCUT2D eigenvalue weighted by Crippen LogP contribution is -2.29. The smallest absolute Gasteiger partial charge is 0.300 e. The van der Waals surface area contributed by atoms with Crippen LogP contribution in [-0.4, -0.2) is 16.8 Å². The van der Waals surface area contributed by atoms with Crippen molar-refractivity contribution in [3.8, 4) is 0 Å². The third kappa shape index (κ3) is 3.58. The molecule has 7 heteroatoms. The van der Waals surface area contributed by atoms with E-state index in [-0.39, 0.29) is 11.3 Å². The molecule has 0 saturated carbocycles. The van der Waals surface area contributed by atoms with Crippen molar-refractivity contribution in [2.24, 2.45) is 0 Å². The third-order valence-corrected chi connectivity index (χ3v) is 5.34. The number of amides is 1. The molecule has 1 aliphatic heterocycles. The van der Waals surface area contributed by atoms with Crippen LogP contribution in [0.15, 0.2) is 78.4 Å². The van der Waals surface area contributed by atoms with Crippen molar-refractivity contribution in [3.63, 3.8) is 0 Å². The van der Waals surface area contributed by atoms with E-state index in [9.17, 15) is 19.1 Å². The lowest BCUT2D eigenvalue weighted by atomic mass is 9.95. The van der Waals surface area contributed by atoms with Gasteiger partial charge in [0.2, 0.25) is 0 Å². The summed E-state index contributed by atoms with van der Waals surface area (Å²) in [6, 6.07) is 17.1. The van der Waals surface area contributed by atoms with E-state index in [0.717, 1.165) is 0 Å². The molecular formula is C23H14Cl2FNO3. The molecule has 1 atom stereocenters. The van der Waals surface area contributed by atoms with E-state index in [2.05, 4.69) is 0 Å². The molecule has 3 aromatic rings. The van der Waals surface area contributed by atoms with Crippen LogP contribution in [0.1, 0.15) is 17.2 Å². The van der Waals surface area contributed by atoms with E-state index in [0.29, 0.717) is 26.9 Å². The van der Waals surface area contributed by atoms with Gasteiger partial charge in [0.25, 0.3) is 11.7 Å². The second-order valence-corrected chi connectivity index (χ2v) is 7.58. The van der Waals surface area contributed by atoms with Crippen molar-refractivity contribution >= 4 is 46.3 Å². The van der Waals surface area contributed by atoms with Gasteiger partial charge in [-0.3, -0.25) is 14.5 Å². The van der Waals surface area contributed by atoms with Crippen molar-refractivity contribution in [1.29, 1.82) is 0 Å². The normalized spacial score (nSPS) is 18.1. The van der Waals surface area contributed by atoms with Crippen LogP contribution < -0.4 is 4.90 Å². The molecule has 3 aromatic carbocycles. The maximum absolute atomic E-state index is 14.0. The molecular weight excluding hydrogens is 428 g/mol. The molecule has 1 N–H and O–H groups in total. The summed E-state index contributed by atoms with van der Waals surface area (Å²) in [5.41, 5.74) is 0.920. The molecule has 0 aromatic heterocycles. The van der Waals surface area contributed by atoms with Crippen molar-refractivity contribution in [2.45, 2.75) is 6.04 Å². The Kier molecular flexibility index (Phi) is 5.33. The van der Waals surface area contributed by atoms with Gasteiger partial charge in [-0.2, -0.15) is 0 Å². The highest BCUT2D eigenvalue weighted by Crippen LogP contribution is 2.42. The minimum absolute atomic E-state index is 0.136. The van der Waals surface area contributed by atoms with Crippen molar-refractivity contribution in [1.82, 2.24) is 0 Å². The summed E-state index contributed by atoms with van der Waals surface area (Å²) in [4.78, 5) is 27.1. The van der Waals surface area contributed by atoms with Gasteiger partial charge < -0.3 is 5.11 Å². The fourth-order valence-electron chi connectivity index (χ4n) is 3.46. The number of nitrogens with zero attached hydrogens (tertiary/aromatic N) is 1. The van der Waals surface area contributed by atoms with Gasteiger partial charge in [0.15, 0.2) is 0 Å². The molecule has 0 aliphatic carbocycles. The zero-order chi connectivity index (χ0) is 21.4. The Bertz CT molecular complexity index is 1170. The molecule has 0 bridgehead atoms. The third-order valence-electron chi connectivity index (χ3n) is 4.83. The molecule has 0 radical (unpaired) electrons. The first kappa shape index (κ1) is 20.1. The molecule has 4 rings (SSSR count). The first-order chi connectivity index (χ1) is 14.4. The van der Waals surface area contributed by atoms with Crippen LogP contribution in [0.3, 0.4) is 0 Å². The van der Waals surface area contributed by atoms with Crippen LogP contribution in [0.4, 0.5) is 10.1 Å². The molecule has 1 fully saturated rings. The molecule has 1 unspecified atom stereocenters. The van der Waals surface area contributed by atoms with E-state index in [1.54, 1.807) is 42.5 Å². The molecule has 30 heavy (non-hydrogen) atoms. The van der Waals surface area contributed by atoms with E-state index < -0.39 is 23.5 Å². The number of hydrogen-bond donors (Lipinski definition) is 1. The second kappa shape index (κ2) is 7.94. The molecule has 1 aliphatic rings. The standard InChI is InChI=1S/C23H14Cl2FNO3/c24-15-6-4-13(5-7-15)21(28)19-20(14-2-1-3-17(26)12-14)27(23(30)22(19)29)18-10-8-16(25)9-11-18/h1-12,20,28H/b21-19+. The first-order valence-electron chi connectivity index (χ1n) is 8.95. The predicted molar refractivity (Wildman–Crippen MR) is 114 cm³/mol.